The molecule has 0 aliphatic heterocycles. The SMILES string of the molecule is COC(CN)C(=O)N(C)Cc1cccc(Br)c1. The van der Waals surface area contributed by atoms with Gasteiger partial charge in [0.15, 0.2) is 0 Å². The number of carbonyl (C=O) groups is 1. The summed E-state index contributed by atoms with van der Waals surface area (Å²) in [4.78, 5) is 13.5. The quantitative estimate of drug-likeness (QED) is 0.894. The summed E-state index contributed by atoms with van der Waals surface area (Å²) in [7, 11) is 3.23. The Hall–Kier alpha value is -0.910. The summed E-state index contributed by atoms with van der Waals surface area (Å²) in [6.07, 6.45) is -0.563. The van der Waals surface area contributed by atoms with Gasteiger partial charge < -0.3 is 15.4 Å². The molecule has 4 nitrogen and oxygen atoms in total. The predicted molar refractivity (Wildman–Crippen MR) is 70.5 cm³/mol. The third kappa shape index (κ3) is 4.11. The van der Waals surface area contributed by atoms with Gasteiger partial charge in [0.05, 0.1) is 0 Å². The van der Waals surface area contributed by atoms with Crippen LogP contribution in [-0.2, 0) is 16.1 Å². The molecule has 1 aromatic rings. The second-order valence-electron chi connectivity index (χ2n) is 3.78. The van der Waals surface area contributed by atoms with Crippen LogP contribution in [0.5, 0.6) is 0 Å². The van der Waals surface area contributed by atoms with E-state index in [0.717, 1.165) is 10.0 Å². The molecule has 1 unspecified atom stereocenters. The highest BCUT2D eigenvalue weighted by Gasteiger charge is 2.19. The highest BCUT2D eigenvalue weighted by Crippen LogP contribution is 2.13. The maximum Gasteiger partial charge on any atom is 0.253 e. The fraction of sp³-hybridized carbons (Fsp3) is 0.417. The number of carbonyl (C=O) groups excluding carboxylic acids is 1. The number of rotatable bonds is 5. The molecule has 1 rings (SSSR count). The van der Waals surface area contributed by atoms with Crippen molar-refractivity contribution in [1.82, 2.24) is 4.90 Å². The Morgan fingerprint density at radius 2 is 2.29 bits per heavy atom. The van der Waals surface area contributed by atoms with Crippen LogP contribution in [0.3, 0.4) is 0 Å². The first-order valence-electron chi connectivity index (χ1n) is 5.30. The average Bonchev–Trinajstić information content (AvgIpc) is 2.30. The number of ether oxygens (including phenoxy) is 1. The second-order valence-corrected chi connectivity index (χ2v) is 4.70. The molecule has 1 atom stereocenters. The molecule has 1 aromatic carbocycles. The Labute approximate surface area is 110 Å². The number of nitrogens with zero attached hydrogens (tertiary/aromatic N) is 1. The number of benzene rings is 1. The highest BCUT2D eigenvalue weighted by atomic mass is 79.9. The molecule has 94 valence electrons. The van der Waals surface area contributed by atoms with Crippen molar-refractivity contribution in [3.05, 3.63) is 34.3 Å². The lowest BCUT2D eigenvalue weighted by molar-refractivity contribution is -0.140. The summed E-state index contributed by atoms with van der Waals surface area (Å²) in [5.41, 5.74) is 6.52. The van der Waals surface area contributed by atoms with E-state index in [2.05, 4.69) is 15.9 Å². The Kier molecular flexibility index (Phi) is 5.61. The molecule has 0 spiro atoms. The average molecular weight is 301 g/mol. The van der Waals surface area contributed by atoms with E-state index in [1.165, 1.54) is 7.11 Å². The molecular formula is C12H17BrN2O2. The van der Waals surface area contributed by atoms with Crippen LogP contribution in [-0.4, -0.2) is 37.6 Å². The molecule has 0 bridgehead atoms. The van der Waals surface area contributed by atoms with Crippen LogP contribution >= 0.6 is 15.9 Å². The molecule has 0 saturated heterocycles. The van der Waals surface area contributed by atoms with Crippen molar-refractivity contribution in [1.29, 1.82) is 0 Å². The van der Waals surface area contributed by atoms with Crippen molar-refractivity contribution in [3.8, 4) is 0 Å². The van der Waals surface area contributed by atoms with Crippen LogP contribution in [0.25, 0.3) is 0 Å². The number of halogens is 1. The molecular weight excluding hydrogens is 284 g/mol. The number of hydrogen-bond acceptors (Lipinski definition) is 3. The first kappa shape index (κ1) is 14.2. The van der Waals surface area contributed by atoms with Crippen molar-refractivity contribution >= 4 is 21.8 Å². The van der Waals surface area contributed by atoms with Crippen molar-refractivity contribution in [3.63, 3.8) is 0 Å². The van der Waals surface area contributed by atoms with Crippen LogP contribution in [0.1, 0.15) is 5.56 Å². The zero-order chi connectivity index (χ0) is 12.8. The van der Waals surface area contributed by atoms with Crippen molar-refractivity contribution in [2.75, 3.05) is 20.7 Å². The van der Waals surface area contributed by atoms with Gasteiger partial charge in [-0.2, -0.15) is 0 Å². The minimum absolute atomic E-state index is 0.102. The summed E-state index contributed by atoms with van der Waals surface area (Å²) in [6.45, 7) is 0.732. The lowest BCUT2D eigenvalue weighted by atomic mass is 10.2. The molecule has 0 radical (unpaired) electrons. The molecule has 0 heterocycles. The van der Waals surface area contributed by atoms with Gasteiger partial charge in [0, 0.05) is 31.7 Å². The van der Waals surface area contributed by atoms with E-state index >= 15 is 0 Å². The van der Waals surface area contributed by atoms with E-state index in [9.17, 15) is 4.79 Å². The van der Waals surface area contributed by atoms with Gasteiger partial charge in [-0.1, -0.05) is 28.1 Å². The van der Waals surface area contributed by atoms with E-state index < -0.39 is 6.10 Å². The summed E-state index contributed by atoms with van der Waals surface area (Å²) in [5.74, 6) is -0.102. The fourth-order valence-corrected chi connectivity index (χ4v) is 1.98. The number of nitrogens with two attached hydrogens (primary N) is 1. The summed E-state index contributed by atoms with van der Waals surface area (Å²) >= 11 is 3.40. The number of methoxy groups -OCH3 is 1. The van der Waals surface area contributed by atoms with Gasteiger partial charge >= 0.3 is 0 Å². The first-order chi connectivity index (χ1) is 8.08. The molecule has 0 aliphatic rings. The fourth-order valence-electron chi connectivity index (χ4n) is 1.53. The summed E-state index contributed by atoms with van der Waals surface area (Å²) in [5, 5.41) is 0. The van der Waals surface area contributed by atoms with Crippen molar-refractivity contribution in [2.24, 2.45) is 5.73 Å². The smallest absolute Gasteiger partial charge is 0.253 e. The van der Waals surface area contributed by atoms with Crippen molar-refractivity contribution < 1.29 is 9.53 Å². The second kappa shape index (κ2) is 6.74. The third-order valence-corrected chi connectivity index (χ3v) is 2.95. The topological polar surface area (TPSA) is 55.6 Å². The van der Waals surface area contributed by atoms with E-state index in [1.54, 1.807) is 11.9 Å². The summed E-state index contributed by atoms with van der Waals surface area (Å²) < 4.78 is 6.02. The van der Waals surface area contributed by atoms with Gasteiger partial charge in [0.1, 0.15) is 6.10 Å². The lowest BCUT2D eigenvalue weighted by Crippen LogP contribution is -2.41. The van der Waals surface area contributed by atoms with Crippen molar-refractivity contribution in [2.45, 2.75) is 12.6 Å². The van der Waals surface area contributed by atoms with E-state index in [4.69, 9.17) is 10.5 Å². The van der Waals surface area contributed by atoms with Crippen LogP contribution < -0.4 is 5.73 Å². The van der Waals surface area contributed by atoms with Crippen LogP contribution in [0.4, 0.5) is 0 Å². The lowest BCUT2D eigenvalue weighted by Gasteiger charge is -2.22. The van der Waals surface area contributed by atoms with Gasteiger partial charge in [0.25, 0.3) is 5.91 Å². The Morgan fingerprint density at radius 1 is 1.59 bits per heavy atom. The molecule has 0 aliphatic carbocycles. The van der Waals surface area contributed by atoms with Crippen LogP contribution in [0.15, 0.2) is 28.7 Å². The van der Waals surface area contributed by atoms with Gasteiger partial charge in [0.2, 0.25) is 0 Å². The Balaban J connectivity index is 2.65. The van der Waals surface area contributed by atoms with Crippen LogP contribution in [0, 0.1) is 0 Å². The van der Waals surface area contributed by atoms with Crippen LogP contribution in [0.2, 0.25) is 0 Å². The van der Waals surface area contributed by atoms with E-state index in [1.807, 2.05) is 24.3 Å². The number of amides is 1. The van der Waals surface area contributed by atoms with Gasteiger partial charge in [-0.05, 0) is 17.7 Å². The molecule has 0 fully saturated rings. The highest BCUT2D eigenvalue weighted by molar-refractivity contribution is 9.10. The summed E-state index contributed by atoms with van der Waals surface area (Å²) in [6, 6.07) is 7.84. The molecule has 0 saturated carbocycles. The third-order valence-electron chi connectivity index (χ3n) is 2.46. The minimum Gasteiger partial charge on any atom is -0.370 e. The maximum atomic E-state index is 11.9. The standard InChI is InChI=1S/C12H17BrN2O2/c1-15(12(16)11(7-14)17-2)8-9-4-3-5-10(13)6-9/h3-6,11H,7-8,14H2,1-2H3. The zero-order valence-corrected chi connectivity index (χ0v) is 11.6. The molecule has 17 heavy (non-hydrogen) atoms. The zero-order valence-electron chi connectivity index (χ0n) is 10.0. The normalized spacial score (nSPS) is 12.2. The molecule has 2 N–H and O–H groups in total. The maximum absolute atomic E-state index is 11.9. The van der Waals surface area contributed by atoms with Gasteiger partial charge in [-0.15, -0.1) is 0 Å². The van der Waals surface area contributed by atoms with Gasteiger partial charge in [-0.25, -0.2) is 0 Å². The Bertz CT molecular complexity index is 381. The van der Waals surface area contributed by atoms with E-state index in [0.29, 0.717) is 6.54 Å². The molecule has 5 heteroatoms. The molecule has 0 aromatic heterocycles. The predicted octanol–water partition coefficient (Wildman–Crippen LogP) is 1.38. The molecule has 1 amide bonds. The van der Waals surface area contributed by atoms with Gasteiger partial charge in [-0.3, -0.25) is 4.79 Å². The monoisotopic (exact) mass is 300 g/mol. The minimum atomic E-state index is -0.563. The van der Waals surface area contributed by atoms with E-state index in [-0.39, 0.29) is 12.5 Å². The first-order valence-corrected chi connectivity index (χ1v) is 6.10. The largest absolute Gasteiger partial charge is 0.370 e. The Morgan fingerprint density at radius 3 is 2.82 bits per heavy atom. The number of likely N-dealkylation sites (N-methyl/N-ethyl adjacent to an activating group) is 1. The number of hydrogen-bond donors (Lipinski definition) is 1.